The molecule has 13 heteroatoms. The van der Waals surface area contributed by atoms with Crippen LogP contribution in [0.2, 0.25) is 0 Å². The van der Waals surface area contributed by atoms with E-state index in [2.05, 4.69) is 6.26 Å². The Hall–Kier alpha value is -2.73. The van der Waals surface area contributed by atoms with Gasteiger partial charge in [0, 0.05) is 11.6 Å². The second-order valence-corrected chi connectivity index (χ2v) is 6.61. The molecule has 0 radical (unpaired) electrons. The minimum absolute atomic E-state index is 0. The molecule has 0 aliphatic carbocycles. The summed E-state index contributed by atoms with van der Waals surface area (Å²) in [6.45, 7) is -0.445. The summed E-state index contributed by atoms with van der Waals surface area (Å²) in [5.74, 6) is -1.87. The maximum Gasteiger partial charge on any atom is 1.00 e. The first-order valence-corrected chi connectivity index (χ1v) is 9.49. The summed E-state index contributed by atoms with van der Waals surface area (Å²) in [5.41, 5.74) is -0.648. The minimum Gasteiger partial charge on any atom is -0.580 e. The van der Waals surface area contributed by atoms with Gasteiger partial charge in [0.1, 0.15) is 47.8 Å². The summed E-state index contributed by atoms with van der Waals surface area (Å²) in [6.07, 6.45) is 1.52. The monoisotopic (exact) mass is 512 g/mol. The zero-order valence-electron chi connectivity index (χ0n) is 19.1. The van der Waals surface area contributed by atoms with Crippen LogP contribution in [-0.2, 0) is 9.59 Å². The van der Waals surface area contributed by atoms with Crippen molar-refractivity contribution in [3.8, 4) is 11.5 Å². The number of carbonyl (C=O) groups excluding carboxylic acids is 3. The van der Waals surface area contributed by atoms with E-state index in [-0.39, 0.29) is 112 Å². The number of aromatic carboxylic acids is 1. The van der Waals surface area contributed by atoms with Crippen molar-refractivity contribution in [2.45, 2.75) is 6.10 Å². The third-order valence-corrected chi connectivity index (χ3v) is 4.37. The van der Waals surface area contributed by atoms with E-state index in [1.54, 1.807) is 18.2 Å². The molecular formula is C23H14Na2O11. The number of carbonyl (C=O) groups is 1. The molecule has 174 valence electrons. The van der Waals surface area contributed by atoms with Crippen LogP contribution in [0.1, 0.15) is 10.6 Å². The molecule has 2 heterocycles. The van der Waals surface area contributed by atoms with Crippen molar-refractivity contribution in [1.82, 2.24) is 0 Å². The van der Waals surface area contributed by atoms with Gasteiger partial charge in [-0.15, -0.1) is 0 Å². The number of fused-ring (bicyclic) bond motifs is 2. The van der Waals surface area contributed by atoms with E-state index < -0.39 is 23.3 Å². The molecule has 36 heavy (non-hydrogen) atoms. The van der Waals surface area contributed by atoms with Gasteiger partial charge in [-0.2, -0.15) is 9.59 Å². The van der Waals surface area contributed by atoms with Crippen LogP contribution in [-0.4, -0.2) is 36.5 Å². The fourth-order valence-corrected chi connectivity index (χ4v) is 3.00. The van der Waals surface area contributed by atoms with Crippen molar-refractivity contribution in [3.63, 3.8) is 0 Å². The Morgan fingerprint density at radius 3 is 2.06 bits per heavy atom. The van der Waals surface area contributed by atoms with Gasteiger partial charge in [0.05, 0.1) is 5.43 Å². The molecule has 2 aromatic carbocycles. The molecule has 0 saturated heterocycles. The van der Waals surface area contributed by atoms with E-state index in [9.17, 15) is 24.6 Å². The van der Waals surface area contributed by atoms with Crippen molar-refractivity contribution >= 4 is 34.1 Å². The van der Waals surface area contributed by atoms with Crippen LogP contribution in [0.4, 0.5) is 0 Å². The summed E-state index contributed by atoms with van der Waals surface area (Å²) in [5, 5.41) is 21.4. The smallest absolute Gasteiger partial charge is 0.580 e. The largest absolute Gasteiger partial charge is 1.00 e. The third-order valence-electron chi connectivity index (χ3n) is 4.37. The Morgan fingerprint density at radius 1 is 0.972 bits per heavy atom. The van der Waals surface area contributed by atoms with Crippen molar-refractivity contribution in [2.24, 2.45) is 0 Å². The average Bonchev–Trinajstić information content (AvgIpc) is 2.81. The van der Waals surface area contributed by atoms with Gasteiger partial charge in [0.2, 0.25) is 0 Å². The maximum atomic E-state index is 12.3. The molecule has 0 saturated carbocycles. The number of ether oxygens (including phenoxy) is 2. The first-order valence-electron chi connectivity index (χ1n) is 9.49. The van der Waals surface area contributed by atoms with Crippen LogP contribution in [0, 0.1) is 6.26 Å². The van der Waals surface area contributed by atoms with Crippen LogP contribution < -0.4 is 84.6 Å². The van der Waals surface area contributed by atoms with Gasteiger partial charge in [-0.25, -0.2) is 0 Å². The van der Waals surface area contributed by atoms with E-state index >= 15 is 0 Å². The van der Waals surface area contributed by atoms with Crippen LogP contribution in [0.15, 0.2) is 67.0 Å². The maximum absolute atomic E-state index is 12.3. The Kier molecular flexibility index (Phi) is 12.8. The number of benzene rings is 2. The van der Waals surface area contributed by atoms with Crippen LogP contribution in [0.3, 0.4) is 0 Å². The SMILES string of the molecule is O=C([O-])c1cc(=O)c2c(OCC(O)COc3cccc4o[c-]cc(=O)c34)cccc2o1.O=C=O.[Na+].[Na+]. The molecule has 4 rings (SSSR count). The second-order valence-electron chi connectivity index (χ2n) is 6.61. The van der Waals surface area contributed by atoms with E-state index in [0.29, 0.717) is 5.58 Å². The van der Waals surface area contributed by atoms with Crippen molar-refractivity contribution in [1.29, 1.82) is 0 Å². The number of rotatable bonds is 7. The number of aliphatic hydroxyl groups excluding tert-OH is 1. The number of carboxylic acid groups (broad SMARTS) is 1. The molecular weight excluding hydrogens is 498 g/mol. The van der Waals surface area contributed by atoms with Gasteiger partial charge in [0.15, 0.2) is 11.2 Å². The normalized spacial score (nSPS) is 10.6. The summed E-state index contributed by atoms with van der Waals surface area (Å²) in [7, 11) is 0. The molecule has 11 nitrogen and oxygen atoms in total. The van der Waals surface area contributed by atoms with Gasteiger partial charge in [-0.1, -0.05) is 24.3 Å². The fourth-order valence-electron chi connectivity index (χ4n) is 3.00. The number of carboxylic acids is 1. The Balaban J connectivity index is 0.00000123. The van der Waals surface area contributed by atoms with Crippen LogP contribution in [0.25, 0.3) is 21.9 Å². The van der Waals surface area contributed by atoms with Crippen LogP contribution >= 0.6 is 0 Å². The minimum atomic E-state index is -1.61. The second kappa shape index (κ2) is 14.7. The molecule has 0 amide bonds. The van der Waals surface area contributed by atoms with Gasteiger partial charge in [0.25, 0.3) is 0 Å². The summed E-state index contributed by atoms with van der Waals surface area (Å²) in [4.78, 5) is 51.5. The van der Waals surface area contributed by atoms with E-state index in [0.717, 1.165) is 12.1 Å². The standard InChI is InChI=1S/C22H15O9.CO2.2Na/c23-12(10-29-16-4-1-3-15-20(16)13(24)7-8-28-15)11-30-17-5-2-6-18-21(17)14(25)9-19(31-18)22(26)27;2-1-3;;/h1-7,9,12,23H,10-11H2,(H,26,27);;;/q-1;;2*+1/p-1. The Labute approximate surface area is 246 Å². The van der Waals surface area contributed by atoms with E-state index in [1.165, 1.54) is 18.2 Å². The Morgan fingerprint density at radius 2 is 1.50 bits per heavy atom. The predicted molar refractivity (Wildman–Crippen MR) is 110 cm³/mol. The molecule has 0 aliphatic heterocycles. The van der Waals surface area contributed by atoms with Gasteiger partial charge in [-0.3, -0.25) is 4.79 Å². The number of hydrogen-bond acceptors (Lipinski definition) is 11. The summed E-state index contributed by atoms with van der Waals surface area (Å²) >= 11 is 0. The average molecular weight is 512 g/mol. The molecule has 1 atom stereocenters. The molecule has 0 bridgehead atoms. The number of aliphatic hydroxyl groups is 1. The quantitative estimate of drug-likeness (QED) is 0.185. The molecule has 2 aromatic heterocycles. The molecule has 1 N–H and O–H groups in total. The van der Waals surface area contributed by atoms with Gasteiger partial charge < -0.3 is 38.1 Å². The first kappa shape index (κ1) is 31.3. The van der Waals surface area contributed by atoms with Crippen LogP contribution in [0.5, 0.6) is 11.5 Å². The zero-order chi connectivity index (χ0) is 24.7. The molecule has 0 aliphatic rings. The van der Waals surface area contributed by atoms with E-state index in [4.69, 9.17) is 27.9 Å². The topological polar surface area (TPSA) is 173 Å². The number of hydrogen-bond donors (Lipinski definition) is 1. The molecule has 0 spiro atoms. The Bertz CT molecular complexity index is 1480. The predicted octanol–water partition coefficient (Wildman–Crippen LogP) is -5.69. The zero-order valence-corrected chi connectivity index (χ0v) is 23.1. The third kappa shape index (κ3) is 7.63. The molecule has 4 aromatic rings. The van der Waals surface area contributed by atoms with Crippen molar-refractivity contribution in [3.05, 3.63) is 81.0 Å². The first-order chi connectivity index (χ1) is 16.3. The molecule has 0 fully saturated rings. The molecule has 1 unspecified atom stereocenters. The fraction of sp³-hybridized carbons (Fsp3) is 0.130. The van der Waals surface area contributed by atoms with Gasteiger partial charge in [-0.05, 0) is 29.8 Å². The van der Waals surface area contributed by atoms with Crippen molar-refractivity contribution < 1.29 is 102 Å². The summed E-state index contributed by atoms with van der Waals surface area (Å²) < 4.78 is 21.4. The van der Waals surface area contributed by atoms with Crippen molar-refractivity contribution in [2.75, 3.05) is 13.2 Å². The summed E-state index contributed by atoms with van der Waals surface area (Å²) in [6, 6.07) is 11.1. The van der Waals surface area contributed by atoms with Gasteiger partial charge >= 0.3 is 65.3 Å². The van der Waals surface area contributed by atoms with E-state index in [1.807, 2.05) is 0 Å².